The van der Waals surface area contributed by atoms with Gasteiger partial charge in [0.15, 0.2) is 5.78 Å². The first-order valence-electron chi connectivity index (χ1n) is 5.97. The van der Waals surface area contributed by atoms with Crippen LogP contribution in [0.3, 0.4) is 0 Å². The lowest BCUT2D eigenvalue weighted by molar-refractivity contribution is -0.115. The number of carbonyl (C=O) groups is 1. The highest BCUT2D eigenvalue weighted by molar-refractivity contribution is 5.98. The Morgan fingerprint density at radius 2 is 2.00 bits per heavy atom. The molecule has 0 spiro atoms. The minimum atomic E-state index is 0.0995. The van der Waals surface area contributed by atoms with E-state index in [1.54, 1.807) is 6.20 Å². The average molecular weight is 239 g/mol. The third-order valence-corrected chi connectivity index (χ3v) is 3.02. The number of nitrogens with two attached hydrogens (primary N) is 1. The fourth-order valence-electron chi connectivity index (χ4n) is 1.81. The second kappa shape index (κ2) is 4.22. The highest BCUT2D eigenvalue weighted by Gasteiger charge is 2.28. The number of hydrogen-bond acceptors (Lipinski definition) is 4. The zero-order chi connectivity index (χ0) is 12.5. The molecule has 3 rings (SSSR count). The van der Waals surface area contributed by atoms with Crippen LogP contribution in [0.4, 0.5) is 0 Å². The molecule has 1 fully saturated rings. The van der Waals surface area contributed by atoms with Gasteiger partial charge in [0.1, 0.15) is 5.69 Å². The predicted molar refractivity (Wildman–Crippen MR) is 69.4 cm³/mol. The van der Waals surface area contributed by atoms with Gasteiger partial charge in [0.2, 0.25) is 0 Å². The van der Waals surface area contributed by atoms with E-state index < -0.39 is 0 Å². The summed E-state index contributed by atoms with van der Waals surface area (Å²) in [4.78, 5) is 20.3. The van der Waals surface area contributed by atoms with Crippen LogP contribution in [0.1, 0.15) is 18.5 Å². The number of aromatic nitrogens is 2. The Morgan fingerprint density at radius 1 is 1.28 bits per heavy atom. The number of hydrogen-bond donors (Lipinski definition) is 1. The molecular weight excluding hydrogens is 226 g/mol. The zero-order valence-electron chi connectivity index (χ0n) is 9.84. The monoisotopic (exact) mass is 239 g/mol. The molecule has 1 aromatic carbocycles. The van der Waals surface area contributed by atoms with E-state index in [2.05, 4.69) is 9.97 Å². The molecule has 1 aliphatic rings. The van der Waals surface area contributed by atoms with Crippen LogP contribution in [0.5, 0.6) is 0 Å². The molecule has 0 saturated heterocycles. The quantitative estimate of drug-likeness (QED) is 0.831. The normalized spacial score (nSPS) is 15.9. The van der Waals surface area contributed by atoms with Crippen LogP contribution in [-0.2, 0) is 4.79 Å². The number of allylic oxidation sites excluding steroid dienone is 1. The highest BCUT2D eigenvalue weighted by atomic mass is 16.1. The minimum Gasteiger partial charge on any atom is -0.397 e. The first-order valence-corrected chi connectivity index (χ1v) is 5.97. The maximum Gasteiger partial charge on any atom is 0.160 e. The van der Waals surface area contributed by atoms with Crippen LogP contribution in [0.25, 0.3) is 16.7 Å². The van der Waals surface area contributed by atoms with Gasteiger partial charge in [-0.05, 0) is 25.0 Å². The lowest BCUT2D eigenvalue weighted by Crippen LogP contribution is -2.05. The second-order valence-corrected chi connectivity index (χ2v) is 4.52. The summed E-state index contributed by atoms with van der Waals surface area (Å²) < 4.78 is 0. The van der Waals surface area contributed by atoms with E-state index >= 15 is 0 Å². The molecule has 0 unspecified atom stereocenters. The summed E-state index contributed by atoms with van der Waals surface area (Å²) in [6, 6.07) is 7.58. The van der Waals surface area contributed by atoms with Crippen molar-refractivity contribution in [1.82, 2.24) is 9.97 Å². The van der Waals surface area contributed by atoms with Crippen LogP contribution in [0.15, 0.2) is 36.5 Å². The zero-order valence-corrected chi connectivity index (χ0v) is 9.84. The molecule has 1 aliphatic carbocycles. The number of para-hydroxylation sites is 2. The Balaban J connectivity index is 1.95. The van der Waals surface area contributed by atoms with Gasteiger partial charge in [0, 0.05) is 12.0 Å². The summed E-state index contributed by atoms with van der Waals surface area (Å²) in [6.07, 6.45) is 5.04. The van der Waals surface area contributed by atoms with Gasteiger partial charge in [-0.2, -0.15) is 0 Å². The minimum absolute atomic E-state index is 0.0995. The topological polar surface area (TPSA) is 68.9 Å². The molecular formula is C14H13N3O. The number of benzene rings is 1. The fraction of sp³-hybridized carbons (Fsp3) is 0.214. The lowest BCUT2D eigenvalue weighted by atomic mass is 10.2. The summed E-state index contributed by atoms with van der Waals surface area (Å²) >= 11 is 0. The van der Waals surface area contributed by atoms with E-state index in [0.717, 1.165) is 23.9 Å². The fourth-order valence-corrected chi connectivity index (χ4v) is 1.81. The Morgan fingerprint density at radius 3 is 2.72 bits per heavy atom. The maximum absolute atomic E-state index is 11.6. The second-order valence-electron chi connectivity index (χ2n) is 4.52. The molecule has 4 heteroatoms. The third kappa shape index (κ3) is 2.09. The Labute approximate surface area is 105 Å². The van der Waals surface area contributed by atoms with Gasteiger partial charge in [-0.15, -0.1) is 0 Å². The standard InChI is InChI=1S/C14H13N3O/c15-10(7-14(18)9-5-6-9)13-8-16-11-3-1-2-4-12(11)17-13/h1-4,7-9H,5-6,15H2. The Kier molecular flexibility index (Phi) is 2.55. The van der Waals surface area contributed by atoms with Gasteiger partial charge in [-0.1, -0.05) is 12.1 Å². The van der Waals surface area contributed by atoms with E-state index in [-0.39, 0.29) is 11.7 Å². The van der Waals surface area contributed by atoms with Crippen molar-refractivity contribution < 1.29 is 4.79 Å². The van der Waals surface area contributed by atoms with Gasteiger partial charge < -0.3 is 5.73 Å². The SMILES string of the molecule is NC(=CC(=O)C1CC1)c1cnc2ccccc2n1. The summed E-state index contributed by atoms with van der Waals surface area (Å²) in [5.74, 6) is 0.277. The number of carbonyl (C=O) groups excluding carboxylic acids is 1. The number of rotatable bonds is 3. The molecule has 2 aromatic rings. The average Bonchev–Trinajstić information content (AvgIpc) is 3.22. The van der Waals surface area contributed by atoms with Crippen LogP contribution in [0, 0.1) is 5.92 Å². The molecule has 1 heterocycles. The highest BCUT2D eigenvalue weighted by Crippen LogP contribution is 2.30. The molecule has 1 saturated carbocycles. The van der Waals surface area contributed by atoms with Crippen molar-refractivity contribution in [2.45, 2.75) is 12.8 Å². The summed E-state index contributed by atoms with van der Waals surface area (Å²) in [7, 11) is 0. The van der Waals surface area contributed by atoms with Crippen molar-refractivity contribution in [3.8, 4) is 0 Å². The van der Waals surface area contributed by atoms with Crippen molar-refractivity contribution in [3.05, 3.63) is 42.2 Å². The molecule has 90 valence electrons. The molecule has 0 aliphatic heterocycles. The number of ketones is 1. The molecule has 2 N–H and O–H groups in total. The van der Waals surface area contributed by atoms with Crippen molar-refractivity contribution >= 4 is 22.5 Å². The molecule has 1 aromatic heterocycles. The van der Waals surface area contributed by atoms with Crippen LogP contribution in [-0.4, -0.2) is 15.8 Å². The van der Waals surface area contributed by atoms with Gasteiger partial charge in [0.05, 0.1) is 22.9 Å². The maximum atomic E-state index is 11.6. The summed E-state index contributed by atoms with van der Waals surface area (Å²) in [6.45, 7) is 0. The number of nitrogens with zero attached hydrogens (tertiary/aromatic N) is 2. The van der Waals surface area contributed by atoms with Gasteiger partial charge in [-0.3, -0.25) is 9.78 Å². The first-order chi connectivity index (χ1) is 8.74. The number of fused-ring (bicyclic) bond motifs is 1. The molecule has 0 atom stereocenters. The summed E-state index contributed by atoms with van der Waals surface area (Å²) in [5, 5.41) is 0. The molecule has 0 radical (unpaired) electrons. The summed E-state index contributed by atoms with van der Waals surface area (Å²) in [5.41, 5.74) is 8.45. The first kappa shape index (κ1) is 10.9. The predicted octanol–water partition coefficient (Wildman–Crippen LogP) is 1.91. The largest absolute Gasteiger partial charge is 0.397 e. The lowest BCUT2D eigenvalue weighted by Gasteiger charge is -2.02. The van der Waals surface area contributed by atoms with Crippen LogP contribution >= 0.6 is 0 Å². The molecule has 18 heavy (non-hydrogen) atoms. The molecule has 0 amide bonds. The van der Waals surface area contributed by atoms with E-state index in [1.807, 2.05) is 24.3 Å². The van der Waals surface area contributed by atoms with E-state index in [4.69, 9.17) is 5.73 Å². The van der Waals surface area contributed by atoms with E-state index in [1.165, 1.54) is 6.08 Å². The van der Waals surface area contributed by atoms with E-state index in [0.29, 0.717) is 11.4 Å². The van der Waals surface area contributed by atoms with Crippen molar-refractivity contribution in [2.75, 3.05) is 0 Å². The molecule has 4 nitrogen and oxygen atoms in total. The van der Waals surface area contributed by atoms with Gasteiger partial charge in [0.25, 0.3) is 0 Å². The van der Waals surface area contributed by atoms with Gasteiger partial charge in [-0.25, -0.2) is 4.98 Å². The van der Waals surface area contributed by atoms with Crippen LogP contribution < -0.4 is 5.73 Å². The van der Waals surface area contributed by atoms with Gasteiger partial charge >= 0.3 is 0 Å². The van der Waals surface area contributed by atoms with Crippen molar-refractivity contribution in [3.63, 3.8) is 0 Å². The Bertz CT molecular complexity index is 644. The third-order valence-electron chi connectivity index (χ3n) is 3.02. The van der Waals surface area contributed by atoms with Crippen LogP contribution in [0.2, 0.25) is 0 Å². The molecule has 0 bridgehead atoms. The van der Waals surface area contributed by atoms with Crippen molar-refractivity contribution in [1.29, 1.82) is 0 Å². The Hall–Kier alpha value is -2.23. The van der Waals surface area contributed by atoms with Crippen molar-refractivity contribution in [2.24, 2.45) is 11.7 Å². The smallest absolute Gasteiger partial charge is 0.160 e. The van der Waals surface area contributed by atoms with E-state index in [9.17, 15) is 4.79 Å².